The van der Waals surface area contributed by atoms with Crippen molar-refractivity contribution in [2.45, 2.75) is 38.3 Å². The van der Waals surface area contributed by atoms with Gasteiger partial charge in [-0.1, -0.05) is 28.8 Å². The number of alkyl halides is 6. The first-order chi connectivity index (χ1) is 9.27. The predicted octanol–water partition coefficient (Wildman–Crippen LogP) is 3.84. The topological polar surface area (TPSA) is 20.3 Å². The molecule has 2 atom stereocenters. The highest BCUT2D eigenvalue weighted by Gasteiger charge is 2.48. The van der Waals surface area contributed by atoms with Crippen LogP contribution in [0.15, 0.2) is 0 Å². The highest BCUT2D eigenvalue weighted by molar-refractivity contribution is 9.09. The Morgan fingerprint density at radius 3 is 2.35 bits per heavy atom. The van der Waals surface area contributed by atoms with Crippen LogP contribution in [0, 0.1) is 11.8 Å². The average Bonchev–Trinajstić information content (AvgIpc) is 2.36. The summed E-state index contributed by atoms with van der Waals surface area (Å²) in [6, 6.07) is 0. The summed E-state index contributed by atoms with van der Waals surface area (Å²) in [6.07, 6.45) is -6.24. The normalized spacial score (nSPS) is 23.9. The van der Waals surface area contributed by atoms with E-state index in [0.29, 0.717) is 12.8 Å². The van der Waals surface area contributed by atoms with E-state index >= 15 is 0 Å². The molecule has 2 nitrogen and oxygen atoms in total. The second-order valence-electron chi connectivity index (χ2n) is 4.90. The van der Waals surface area contributed by atoms with Gasteiger partial charge in [-0.25, -0.2) is 8.78 Å². The Bertz CT molecular complexity index is 323. The van der Waals surface area contributed by atoms with Crippen LogP contribution in [0.1, 0.15) is 25.7 Å². The predicted molar refractivity (Wildman–Crippen MR) is 67.9 cm³/mol. The Morgan fingerprint density at radius 1 is 1.25 bits per heavy atom. The van der Waals surface area contributed by atoms with Gasteiger partial charge in [-0.3, -0.25) is 4.79 Å². The van der Waals surface area contributed by atoms with Crippen LogP contribution in [0.25, 0.3) is 0 Å². The van der Waals surface area contributed by atoms with E-state index in [1.165, 1.54) is 0 Å². The molecule has 0 spiro atoms. The largest absolute Gasteiger partial charge is 0.392 e. The fourth-order valence-corrected chi connectivity index (χ4v) is 3.04. The van der Waals surface area contributed by atoms with E-state index in [2.05, 4.69) is 15.9 Å². The molecular formula is C12H17BrF5NO. The highest BCUT2D eigenvalue weighted by Crippen LogP contribution is 2.42. The van der Waals surface area contributed by atoms with Crippen molar-refractivity contribution < 1.29 is 26.7 Å². The zero-order chi connectivity index (χ0) is 15.3. The molecular weight excluding hydrogens is 349 g/mol. The summed E-state index contributed by atoms with van der Waals surface area (Å²) in [4.78, 5) is 13.0. The minimum atomic E-state index is -4.45. The van der Waals surface area contributed by atoms with Gasteiger partial charge in [0, 0.05) is 17.8 Å². The minimum Gasteiger partial charge on any atom is -0.336 e. The third-order valence-corrected chi connectivity index (χ3v) is 3.88. The highest BCUT2D eigenvalue weighted by atomic mass is 79.9. The van der Waals surface area contributed by atoms with Crippen molar-refractivity contribution in [2.75, 3.05) is 18.4 Å². The zero-order valence-electron chi connectivity index (χ0n) is 10.8. The Hall–Kier alpha value is -0.400. The van der Waals surface area contributed by atoms with Crippen molar-refractivity contribution in [1.82, 2.24) is 4.90 Å². The number of carbonyl (C=O) groups is 1. The van der Waals surface area contributed by atoms with Gasteiger partial charge in [-0.15, -0.1) is 0 Å². The van der Waals surface area contributed by atoms with Crippen LogP contribution >= 0.6 is 15.9 Å². The first kappa shape index (κ1) is 17.7. The monoisotopic (exact) mass is 365 g/mol. The standard InChI is InChI=1S/C12H17BrF5NO/c13-5-6-19(7-10(14)15)11(20)8-3-1-2-4-9(8)12(16,17)18/h8-10H,1-7H2. The summed E-state index contributed by atoms with van der Waals surface area (Å²) >= 11 is 3.03. The molecule has 118 valence electrons. The van der Waals surface area contributed by atoms with E-state index in [1.54, 1.807) is 0 Å². The summed E-state index contributed by atoms with van der Waals surface area (Å²) in [6.45, 7) is -0.824. The lowest BCUT2D eigenvalue weighted by atomic mass is 9.78. The van der Waals surface area contributed by atoms with Gasteiger partial charge in [0.15, 0.2) is 0 Å². The Morgan fingerprint density at radius 2 is 1.85 bits per heavy atom. The lowest BCUT2D eigenvalue weighted by molar-refractivity contribution is -0.201. The van der Waals surface area contributed by atoms with Crippen LogP contribution in [-0.4, -0.2) is 41.8 Å². The van der Waals surface area contributed by atoms with Crippen LogP contribution in [0.4, 0.5) is 22.0 Å². The van der Waals surface area contributed by atoms with Crippen molar-refractivity contribution in [3.63, 3.8) is 0 Å². The summed E-state index contributed by atoms with van der Waals surface area (Å²) < 4.78 is 63.7. The van der Waals surface area contributed by atoms with Gasteiger partial charge in [0.25, 0.3) is 6.43 Å². The summed E-state index contributed by atoms with van der Waals surface area (Å²) in [5, 5.41) is 0.259. The molecule has 2 unspecified atom stereocenters. The SMILES string of the molecule is O=C(C1CCCCC1C(F)(F)F)N(CCBr)CC(F)F. The van der Waals surface area contributed by atoms with E-state index in [9.17, 15) is 26.7 Å². The molecule has 0 aromatic rings. The second-order valence-corrected chi connectivity index (χ2v) is 5.70. The lowest BCUT2D eigenvalue weighted by Gasteiger charge is -2.35. The maximum Gasteiger partial charge on any atom is 0.392 e. The number of hydrogen-bond acceptors (Lipinski definition) is 1. The molecule has 0 heterocycles. The third kappa shape index (κ3) is 4.86. The molecule has 0 aromatic heterocycles. The second kappa shape index (κ2) is 7.56. The molecule has 0 aliphatic heterocycles. The Kier molecular flexibility index (Phi) is 6.68. The molecule has 1 aliphatic rings. The molecule has 1 aliphatic carbocycles. The lowest BCUT2D eigenvalue weighted by Crippen LogP contribution is -2.46. The summed E-state index contributed by atoms with van der Waals surface area (Å²) in [7, 11) is 0. The van der Waals surface area contributed by atoms with Crippen molar-refractivity contribution in [1.29, 1.82) is 0 Å². The van der Waals surface area contributed by atoms with E-state index in [-0.39, 0.29) is 24.7 Å². The average molecular weight is 366 g/mol. The maximum atomic E-state index is 12.9. The van der Waals surface area contributed by atoms with Gasteiger partial charge in [0.1, 0.15) is 0 Å². The van der Waals surface area contributed by atoms with Crippen LogP contribution < -0.4 is 0 Å². The van der Waals surface area contributed by atoms with E-state index in [0.717, 1.165) is 4.90 Å². The number of hydrogen-bond donors (Lipinski definition) is 0. The van der Waals surface area contributed by atoms with E-state index < -0.39 is 36.9 Å². The van der Waals surface area contributed by atoms with E-state index in [1.807, 2.05) is 0 Å². The Labute approximate surface area is 122 Å². The Balaban J connectivity index is 2.83. The minimum absolute atomic E-state index is 0.00967. The fraction of sp³-hybridized carbons (Fsp3) is 0.917. The smallest absolute Gasteiger partial charge is 0.336 e. The van der Waals surface area contributed by atoms with Crippen molar-refractivity contribution in [3.8, 4) is 0 Å². The van der Waals surface area contributed by atoms with Crippen molar-refractivity contribution >= 4 is 21.8 Å². The molecule has 0 aromatic carbocycles. The third-order valence-electron chi connectivity index (χ3n) is 3.53. The molecule has 0 bridgehead atoms. The molecule has 8 heteroatoms. The number of rotatable bonds is 5. The quantitative estimate of drug-likeness (QED) is 0.535. The van der Waals surface area contributed by atoms with Crippen molar-refractivity contribution in [3.05, 3.63) is 0 Å². The van der Waals surface area contributed by atoms with Gasteiger partial charge < -0.3 is 4.90 Å². The van der Waals surface area contributed by atoms with Crippen LogP contribution in [0.2, 0.25) is 0 Å². The molecule has 1 rings (SSSR count). The molecule has 1 amide bonds. The molecule has 1 fully saturated rings. The fourth-order valence-electron chi connectivity index (χ4n) is 2.61. The van der Waals surface area contributed by atoms with Gasteiger partial charge in [-0.05, 0) is 12.8 Å². The van der Waals surface area contributed by atoms with Crippen LogP contribution in [0.3, 0.4) is 0 Å². The van der Waals surface area contributed by atoms with Gasteiger partial charge in [-0.2, -0.15) is 13.2 Å². The molecule has 0 N–H and O–H groups in total. The number of carbonyl (C=O) groups excluding carboxylic acids is 1. The maximum absolute atomic E-state index is 12.9. The molecule has 1 saturated carbocycles. The first-order valence-electron chi connectivity index (χ1n) is 6.47. The van der Waals surface area contributed by atoms with Crippen molar-refractivity contribution in [2.24, 2.45) is 11.8 Å². The van der Waals surface area contributed by atoms with Gasteiger partial charge in [0.2, 0.25) is 5.91 Å². The number of halogens is 6. The van der Waals surface area contributed by atoms with Crippen LogP contribution in [-0.2, 0) is 4.79 Å². The summed E-state index contributed by atoms with van der Waals surface area (Å²) in [5.74, 6) is -3.73. The zero-order valence-corrected chi connectivity index (χ0v) is 12.4. The molecule has 0 saturated heterocycles. The first-order valence-corrected chi connectivity index (χ1v) is 7.59. The molecule has 0 radical (unpaired) electrons. The number of nitrogens with zero attached hydrogens (tertiary/aromatic N) is 1. The van der Waals surface area contributed by atoms with Crippen LogP contribution in [0.5, 0.6) is 0 Å². The van der Waals surface area contributed by atoms with Gasteiger partial charge in [0.05, 0.1) is 12.5 Å². The van der Waals surface area contributed by atoms with E-state index in [4.69, 9.17) is 0 Å². The molecule has 20 heavy (non-hydrogen) atoms. The van der Waals surface area contributed by atoms with Gasteiger partial charge >= 0.3 is 6.18 Å². The number of amides is 1. The summed E-state index contributed by atoms with van der Waals surface area (Å²) in [5.41, 5.74) is 0.